The molecule has 0 bridgehead atoms. The minimum atomic E-state index is 0.643. The molecule has 1 aromatic carbocycles. The van der Waals surface area contributed by atoms with Gasteiger partial charge in [-0.2, -0.15) is 10.4 Å². The Morgan fingerprint density at radius 3 is 3.05 bits per heavy atom. The summed E-state index contributed by atoms with van der Waals surface area (Å²) in [6.45, 7) is 3.72. The van der Waals surface area contributed by atoms with E-state index in [0.717, 1.165) is 28.7 Å². The smallest absolute Gasteiger partial charge is 0.101 e. The zero-order chi connectivity index (χ0) is 13.7. The lowest BCUT2D eigenvalue weighted by Gasteiger charge is -2.07. The van der Waals surface area contributed by atoms with Crippen LogP contribution in [0, 0.1) is 11.3 Å². The van der Waals surface area contributed by atoms with E-state index in [0.29, 0.717) is 12.1 Å². The van der Waals surface area contributed by atoms with Gasteiger partial charge in [0, 0.05) is 29.3 Å². The highest BCUT2D eigenvalue weighted by Gasteiger charge is 2.03. The van der Waals surface area contributed by atoms with Crippen LogP contribution in [0.2, 0.25) is 0 Å². The van der Waals surface area contributed by atoms with Crippen molar-refractivity contribution in [1.82, 2.24) is 9.78 Å². The Kier molecular flexibility index (Phi) is 4.58. The van der Waals surface area contributed by atoms with Gasteiger partial charge in [-0.05, 0) is 24.6 Å². The number of nitrogens with zero attached hydrogens (tertiary/aromatic N) is 3. The van der Waals surface area contributed by atoms with Crippen molar-refractivity contribution in [3.8, 4) is 6.07 Å². The monoisotopic (exact) mass is 318 g/mol. The molecule has 0 saturated carbocycles. The molecule has 98 valence electrons. The molecular weight excluding hydrogens is 304 g/mol. The van der Waals surface area contributed by atoms with Crippen LogP contribution in [-0.2, 0) is 13.1 Å². The first kappa shape index (κ1) is 13.6. The van der Waals surface area contributed by atoms with E-state index in [1.165, 1.54) is 0 Å². The Bertz CT molecular complexity index is 598. The average Bonchev–Trinajstić information content (AvgIpc) is 2.85. The summed E-state index contributed by atoms with van der Waals surface area (Å²) < 4.78 is 2.89. The highest BCUT2D eigenvalue weighted by Crippen LogP contribution is 2.21. The molecule has 0 saturated heterocycles. The topological polar surface area (TPSA) is 53.6 Å². The van der Waals surface area contributed by atoms with Gasteiger partial charge in [-0.1, -0.05) is 22.9 Å². The summed E-state index contributed by atoms with van der Waals surface area (Å²) in [6, 6.07) is 7.75. The van der Waals surface area contributed by atoms with E-state index in [9.17, 15) is 0 Å². The van der Waals surface area contributed by atoms with E-state index in [1.54, 1.807) is 6.07 Å². The van der Waals surface area contributed by atoms with Crippen LogP contribution < -0.4 is 5.32 Å². The molecule has 0 aliphatic heterocycles. The molecule has 19 heavy (non-hydrogen) atoms. The molecule has 0 spiro atoms. The second kappa shape index (κ2) is 6.39. The van der Waals surface area contributed by atoms with Gasteiger partial charge in [-0.3, -0.25) is 4.68 Å². The fourth-order valence-electron chi connectivity index (χ4n) is 1.81. The number of hydrogen-bond acceptors (Lipinski definition) is 3. The molecule has 1 aromatic heterocycles. The first-order valence-corrected chi connectivity index (χ1v) is 6.97. The summed E-state index contributed by atoms with van der Waals surface area (Å²) in [5.74, 6) is 0. The quantitative estimate of drug-likeness (QED) is 0.917. The van der Waals surface area contributed by atoms with Crippen LogP contribution in [0.1, 0.15) is 24.5 Å². The third-order valence-electron chi connectivity index (χ3n) is 2.72. The maximum atomic E-state index is 9.06. The van der Waals surface area contributed by atoms with Crippen LogP contribution in [0.5, 0.6) is 0 Å². The number of anilines is 1. The minimum Gasteiger partial charge on any atom is -0.380 e. The van der Waals surface area contributed by atoms with E-state index in [2.05, 4.69) is 39.3 Å². The van der Waals surface area contributed by atoms with Crippen LogP contribution in [-0.4, -0.2) is 9.78 Å². The fourth-order valence-corrected chi connectivity index (χ4v) is 2.17. The van der Waals surface area contributed by atoms with Crippen molar-refractivity contribution in [2.75, 3.05) is 5.32 Å². The van der Waals surface area contributed by atoms with Crippen molar-refractivity contribution in [1.29, 1.82) is 5.26 Å². The first-order chi connectivity index (χ1) is 9.22. The van der Waals surface area contributed by atoms with Crippen molar-refractivity contribution >= 4 is 21.6 Å². The molecule has 0 amide bonds. The summed E-state index contributed by atoms with van der Waals surface area (Å²) in [7, 11) is 0. The van der Waals surface area contributed by atoms with Crippen molar-refractivity contribution in [3.05, 3.63) is 46.2 Å². The average molecular weight is 319 g/mol. The second-order valence-corrected chi connectivity index (χ2v) is 5.18. The Morgan fingerprint density at radius 2 is 2.32 bits per heavy atom. The molecule has 5 heteroatoms. The van der Waals surface area contributed by atoms with Gasteiger partial charge < -0.3 is 5.32 Å². The largest absolute Gasteiger partial charge is 0.380 e. The van der Waals surface area contributed by atoms with Gasteiger partial charge in [0.15, 0.2) is 0 Å². The van der Waals surface area contributed by atoms with E-state index < -0.39 is 0 Å². The maximum absolute atomic E-state index is 9.06. The lowest BCUT2D eigenvalue weighted by Crippen LogP contribution is -2.01. The van der Waals surface area contributed by atoms with Gasteiger partial charge in [0.25, 0.3) is 0 Å². The molecule has 0 fully saturated rings. The molecule has 0 aliphatic rings. The second-order valence-electron chi connectivity index (χ2n) is 4.27. The number of hydrogen-bond donors (Lipinski definition) is 1. The highest BCUT2D eigenvalue weighted by molar-refractivity contribution is 9.10. The zero-order valence-corrected chi connectivity index (χ0v) is 12.3. The number of rotatable bonds is 5. The minimum absolute atomic E-state index is 0.643. The van der Waals surface area contributed by atoms with Crippen molar-refractivity contribution in [2.45, 2.75) is 26.4 Å². The molecule has 0 atom stereocenters. The molecule has 1 N–H and O–H groups in total. The number of aryl methyl sites for hydroxylation is 1. The molecule has 2 aromatic rings. The van der Waals surface area contributed by atoms with Gasteiger partial charge in [0.2, 0.25) is 0 Å². The summed E-state index contributed by atoms with van der Waals surface area (Å²) in [6.07, 6.45) is 4.95. The summed E-state index contributed by atoms with van der Waals surface area (Å²) in [5, 5.41) is 16.6. The SMILES string of the molecule is CCCn1cc(CNc2cc(Br)ccc2C#N)cn1. The van der Waals surface area contributed by atoms with Crippen LogP contribution in [0.15, 0.2) is 35.1 Å². The van der Waals surface area contributed by atoms with E-state index in [1.807, 2.05) is 29.2 Å². The molecule has 1 heterocycles. The number of halogens is 1. The Hall–Kier alpha value is -1.80. The Labute approximate surface area is 121 Å². The van der Waals surface area contributed by atoms with Gasteiger partial charge in [0.1, 0.15) is 6.07 Å². The number of benzene rings is 1. The third-order valence-corrected chi connectivity index (χ3v) is 3.22. The number of aromatic nitrogens is 2. The predicted molar refractivity (Wildman–Crippen MR) is 78.7 cm³/mol. The van der Waals surface area contributed by atoms with Crippen LogP contribution in [0.3, 0.4) is 0 Å². The fraction of sp³-hybridized carbons (Fsp3) is 0.286. The van der Waals surface area contributed by atoms with Gasteiger partial charge in [-0.15, -0.1) is 0 Å². The molecule has 0 aliphatic carbocycles. The van der Waals surface area contributed by atoms with Crippen LogP contribution in [0.25, 0.3) is 0 Å². The van der Waals surface area contributed by atoms with Crippen LogP contribution in [0.4, 0.5) is 5.69 Å². The molecule has 2 rings (SSSR count). The molecule has 0 unspecified atom stereocenters. The maximum Gasteiger partial charge on any atom is 0.101 e. The van der Waals surface area contributed by atoms with Gasteiger partial charge >= 0.3 is 0 Å². The predicted octanol–water partition coefficient (Wildman–Crippen LogP) is 3.54. The number of nitrogens with one attached hydrogen (secondary N) is 1. The molecule has 4 nitrogen and oxygen atoms in total. The van der Waals surface area contributed by atoms with Crippen LogP contribution >= 0.6 is 15.9 Å². The molecular formula is C14H15BrN4. The number of nitriles is 1. The van der Waals surface area contributed by atoms with Crippen molar-refractivity contribution in [2.24, 2.45) is 0 Å². The summed E-state index contributed by atoms with van der Waals surface area (Å²) in [5.41, 5.74) is 2.58. The summed E-state index contributed by atoms with van der Waals surface area (Å²) >= 11 is 3.41. The highest BCUT2D eigenvalue weighted by atomic mass is 79.9. The standard InChI is InChI=1S/C14H15BrN4/c1-2-5-19-10-11(9-18-19)8-17-14-6-13(15)4-3-12(14)7-16/h3-4,6,9-10,17H,2,5,8H2,1H3. The van der Waals surface area contributed by atoms with E-state index in [-0.39, 0.29) is 0 Å². The van der Waals surface area contributed by atoms with E-state index in [4.69, 9.17) is 5.26 Å². The van der Waals surface area contributed by atoms with E-state index >= 15 is 0 Å². The summed E-state index contributed by atoms with van der Waals surface area (Å²) in [4.78, 5) is 0. The first-order valence-electron chi connectivity index (χ1n) is 6.17. The normalized spacial score (nSPS) is 10.2. The van der Waals surface area contributed by atoms with Crippen molar-refractivity contribution < 1.29 is 0 Å². The zero-order valence-electron chi connectivity index (χ0n) is 10.7. The third kappa shape index (κ3) is 3.58. The molecule has 0 radical (unpaired) electrons. The Morgan fingerprint density at radius 1 is 1.47 bits per heavy atom. The van der Waals surface area contributed by atoms with Gasteiger partial charge in [-0.25, -0.2) is 0 Å². The lowest BCUT2D eigenvalue weighted by atomic mass is 10.2. The lowest BCUT2D eigenvalue weighted by molar-refractivity contribution is 0.602. The van der Waals surface area contributed by atoms with Crippen molar-refractivity contribution in [3.63, 3.8) is 0 Å². The van der Waals surface area contributed by atoms with Gasteiger partial charge in [0.05, 0.1) is 17.4 Å². The Balaban J connectivity index is 2.05.